The first-order valence-electron chi connectivity index (χ1n) is 6.43. The first-order chi connectivity index (χ1) is 8.68. The van der Waals surface area contributed by atoms with Crippen LogP contribution in [-0.4, -0.2) is 31.7 Å². The fraction of sp³-hybridized carbons (Fsp3) is 0.500. The van der Waals surface area contributed by atoms with Crippen molar-refractivity contribution in [1.29, 1.82) is 0 Å². The van der Waals surface area contributed by atoms with Crippen molar-refractivity contribution in [3.05, 3.63) is 24.3 Å². The number of rotatable bonds is 3. The molecule has 0 saturated heterocycles. The Morgan fingerprint density at radius 1 is 1.44 bits per heavy atom. The third kappa shape index (κ3) is 3.01. The second-order valence-electron chi connectivity index (χ2n) is 4.70. The molecule has 4 nitrogen and oxygen atoms in total. The molecule has 18 heavy (non-hydrogen) atoms. The summed E-state index contributed by atoms with van der Waals surface area (Å²) in [5.41, 5.74) is 1.97. The van der Waals surface area contributed by atoms with Gasteiger partial charge in [-0.15, -0.1) is 0 Å². The van der Waals surface area contributed by atoms with Gasteiger partial charge in [0.1, 0.15) is 6.61 Å². The van der Waals surface area contributed by atoms with Gasteiger partial charge in [-0.1, -0.05) is 12.1 Å². The summed E-state index contributed by atoms with van der Waals surface area (Å²) in [7, 11) is 0. The van der Waals surface area contributed by atoms with Crippen molar-refractivity contribution in [1.82, 2.24) is 0 Å². The average molecular weight is 248 g/mol. The molecule has 0 atom stereocenters. The maximum atomic E-state index is 12.2. The Bertz CT molecular complexity index is 418. The van der Waals surface area contributed by atoms with Crippen LogP contribution < -0.4 is 10.2 Å². The van der Waals surface area contributed by atoms with E-state index in [-0.39, 0.29) is 18.6 Å². The summed E-state index contributed by atoms with van der Waals surface area (Å²) in [6, 6.07) is 7.91. The summed E-state index contributed by atoms with van der Waals surface area (Å²) in [4.78, 5) is 14.0. The summed E-state index contributed by atoms with van der Waals surface area (Å²) < 4.78 is 5.40. The van der Waals surface area contributed by atoms with E-state index >= 15 is 0 Å². The number of benzene rings is 1. The summed E-state index contributed by atoms with van der Waals surface area (Å²) >= 11 is 0. The number of nitrogens with zero attached hydrogens (tertiary/aromatic N) is 1. The molecule has 1 aliphatic heterocycles. The fourth-order valence-electron chi connectivity index (χ4n) is 2.01. The van der Waals surface area contributed by atoms with Gasteiger partial charge in [-0.25, -0.2) is 0 Å². The van der Waals surface area contributed by atoms with Crippen LogP contribution in [0, 0.1) is 0 Å². The molecule has 0 spiro atoms. The van der Waals surface area contributed by atoms with Crippen LogP contribution in [0.25, 0.3) is 0 Å². The monoisotopic (exact) mass is 248 g/mol. The molecule has 0 unspecified atom stereocenters. The highest BCUT2D eigenvalue weighted by atomic mass is 16.5. The lowest BCUT2D eigenvalue weighted by Crippen LogP contribution is -2.35. The zero-order valence-corrected chi connectivity index (χ0v) is 11.0. The third-order valence-corrected chi connectivity index (χ3v) is 2.91. The maximum absolute atomic E-state index is 12.2. The molecule has 0 bridgehead atoms. The van der Waals surface area contributed by atoms with Gasteiger partial charge < -0.3 is 15.0 Å². The Morgan fingerprint density at radius 3 is 3.00 bits per heavy atom. The number of fused-ring (bicyclic) bond motifs is 1. The van der Waals surface area contributed by atoms with E-state index in [0.29, 0.717) is 0 Å². The van der Waals surface area contributed by atoms with E-state index in [4.69, 9.17) is 4.74 Å². The minimum absolute atomic E-state index is 0.0276. The predicted molar refractivity (Wildman–Crippen MR) is 73.0 cm³/mol. The molecule has 1 amide bonds. The van der Waals surface area contributed by atoms with Gasteiger partial charge in [0.2, 0.25) is 0 Å². The first-order valence-corrected chi connectivity index (χ1v) is 6.43. The number of para-hydroxylation sites is 2. The number of anilines is 2. The van der Waals surface area contributed by atoms with Crippen molar-refractivity contribution >= 4 is 17.3 Å². The topological polar surface area (TPSA) is 41.6 Å². The van der Waals surface area contributed by atoms with Crippen LogP contribution in [0.1, 0.15) is 20.3 Å². The van der Waals surface area contributed by atoms with Crippen molar-refractivity contribution in [3.8, 4) is 0 Å². The summed E-state index contributed by atoms with van der Waals surface area (Å²) in [5, 5.41) is 3.34. The number of hydrogen-bond acceptors (Lipinski definition) is 3. The van der Waals surface area contributed by atoms with E-state index in [0.717, 1.165) is 30.9 Å². The van der Waals surface area contributed by atoms with Crippen molar-refractivity contribution in [2.24, 2.45) is 0 Å². The molecule has 1 aromatic carbocycles. The molecule has 0 saturated carbocycles. The van der Waals surface area contributed by atoms with Crippen LogP contribution in [0.5, 0.6) is 0 Å². The van der Waals surface area contributed by atoms with E-state index < -0.39 is 0 Å². The van der Waals surface area contributed by atoms with Crippen molar-refractivity contribution < 1.29 is 9.53 Å². The van der Waals surface area contributed by atoms with Crippen molar-refractivity contribution in [2.45, 2.75) is 26.4 Å². The van der Waals surface area contributed by atoms with E-state index in [1.165, 1.54) is 0 Å². The van der Waals surface area contributed by atoms with Gasteiger partial charge in [0.25, 0.3) is 5.91 Å². The van der Waals surface area contributed by atoms with Gasteiger partial charge in [0, 0.05) is 13.1 Å². The molecule has 1 N–H and O–H groups in total. The second-order valence-corrected chi connectivity index (χ2v) is 4.70. The highest BCUT2D eigenvalue weighted by Gasteiger charge is 2.20. The van der Waals surface area contributed by atoms with Crippen molar-refractivity contribution in [3.63, 3.8) is 0 Å². The SMILES string of the molecule is CC(C)OCC(=O)N1CCCNc2ccccc21. The van der Waals surface area contributed by atoms with Gasteiger partial charge in [-0.2, -0.15) is 0 Å². The van der Waals surface area contributed by atoms with Crippen LogP contribution in [0.2, 0.25) is 0 Å². The Hall–Kier alpha value is -1.55. The van der Waals surface area contributed by atoms with Crippen LogP contribution >= 0.6 is 0 Å². The third-order valence-electron chi connectivity index (χ3n) is 2.91. The summed E-state index contributed by atoms with van der Waals surface area (Å²) in [5.74, 6) is 0.0276. The lowest BCUT2D eigenvalue weighted by Gasteiger charge is -2.22. The molecule has 0 aliphatic carbocycles. The largest absolute Gasteiger partial charge is 0.383 e. The number of nitrogens with one attached hydrogen (secondary N) is 1. The van der Waals surface area contributed by atoms with Gasteiger partial charge in [-0.3, -0.25) is 4.79 Å². The number of amides is 1. The zero-order chi connectivity index (χ0) is 13.0. The maximum Gasteiger partial charge on any atom is 0.253 e. The quantitative estimate of drug-likeness (QED) is 0.892. The van der Waals surface area contributed by atoms with Crippen molar-refractivity contribution in [2.75, 3.05) is 29.9 Å². The highest BCUT2D eigenvalue weighted by Crippen LogP contribution is 2.27. The molecule has 1 aromatic rings. The van der Waals surface area contributed by atoms with E-state index in [1.807, 2.05) is 43.0 Å². The van der Waals surface area contributed by atoms with E-state index in [1.54, 1.807) is 0 Å². The molecular formula is C14H20N2O2. The Balaban J connectivity index is 2.14. The minimum Gasteiger partial charge on any atom is -0.383 e. The Morgan fingerprint density at radius 2 is 2.22 bits per heavy atom. The number of hydrogen-bond donors (Lipinski definition) is 1. The Labute approximate surface area is 108 Å². The standard InChI is InChI=1S/C14H20N2O2/c1-11(2)18-10-14(17)16-9-5-8-15-12-6-3-4-7-13(12)16/h3-4,6-7,11,15H,5,8-10H2,1-2H3. The molecule has 1 heterocycles. The predicted octanol–water partition coefficient (Wildman–Crippen LogP) is 2.26. The lowest BCUT2D eigenvalue weighted by atomic mass is 10.2. The lowest BCUT2D eigenvalue weighted by molar-refractivity contribution is -0.124. The number of ether oxygens (including phenoxy) is 1. The Kier molecular flexibility index (Phi) is 4.20. The molecule has 4 heteroatoms. The normalized spacial score (nSPS) is 14.9. The molecule has 0 aromatic heterocycles. The van der Waals surface area contributed by atoms with E-state index in [9.17, 15) is 4.79 Å². The summed E-state index contributed by atoms with van der Waals surface area (Å²) in [6.07, 6.45) is 1.02. The average Bonchev–Trinajstić information content (AvgIpc) is 2.58. The second kappa shape index (κ2) is 5.87. The molecule has 1 aliphatic rings. The van der Waals surface area contributed by atoms with Crippen LogP contribution in [0.15, 0.2) is 24.3 Å². The zero-order valence-electron chi connectivity index (χ0n) is 11.0. The molecule has 0 fully saturated rings. The number of carbonyl (C=O) groups excluding carboxylic acids is 1. The van der Waals surface area contributed by atoms with Crippen LogP contribution in [0.3, 0.4) is 0 Å². The molecule has 98 valence electrons. The fourth-order valence-corrected chi connectivity index (χ4v) is 2.01. The molecule has 2 rings (SSSR count). The highest BCUT2D eigenvalue weighted by molar-refractivity contribution is 5.97. The van der Waals surface area contributed by atoms with Gasteiger partial charge in [0.15, 0.2) is 0 Å². The van der Waals surface area contributed by atoms with Gasteiger partial charge in [-0.05, 0) is 32.4 Å². The summed E-state index contributed by atoms with van der Waals surface area (Å²) in [6.45, 7) is 5.65. The van der Waals surface area contributed by atoms with Gasteiger partial charge in [0.05, 0.1) is 17.5 Å². The smallest absolute Gasteiger partial charge is 0.253 e. The molecular weight excluding hydrogens is 228 g/mol. The van der Waals surface area contributed by atoms with Crippen LogP contribution in [0.4, 0.5) is 11.4 Å². The first kappa shape index (κ1) is 12.9. The minimum atomic E-state index is 0.0276. The van der Waals surface area contributed by atoms with Gasteiger partial charge >= 0.3 is 0 Å². The molecule has 0 radical (unpaired) electrons. The number of carbonyl (C=O) groups is 1. The van der Waals surface area contributed by atoms with Crippen LogP contribution in [-0.2, 0) is 9.53 Å². The van der Waals surface area contributed by atoms with E-state index in [2.05, 4.69) is 5.32 Å².